The van der Waals surface area contributed by atoms with Gasteiger partial charge in [-0.15, -0.1) is 0 Å². The minimum atomic E-state index is -2.63. The molecule has 192 valence electrons. The summed E-state index contributed by atoms with van der Waals surface area (Å²) in [5, 5.41) is 15.3. The molecule has 2 aromatic heterocycles. The number of hydrogen-bond acceptors (Lipinski definition) is 7. The first-order valence-electron chi connectivity index (χ1n) is 10.8. The number of aliphatic hydroxyl groups is 1. The molecular weight excluding hydrogens is 515 g/mol. The Hall–Kier alpha value is -2.37. The number of halogens is 6. The van der Waals surface area contributed by atoms with Crippen LogP contribution in [0, 0.1) is 0 Å². The first-order valence-corrected chi connectivity index (χ1v) is 11.5. The fourth-order valence-corrected chi connectivity index (χ4v) is 3.92. The number of anilines is 2. The molecule has 2 fully saturated rings. The fourth-order valence-electron chi connectivity index (χ4n) is 3.61. The number of rotatable bonds is 7. The quantitative estimate of drug-likeness (QED) is 0.241. The highest BCUT2D eigenvalue weighted by molar-refractivity contribution is 6.30. The maximum Gasteiger partial charge on any atom is 0.341 e. The van der Waals surface area contributed by atoms with Crippen LogP contribution in [-0.2, 0) is 11.3 Å². The van der Waals surface area contributed by atoms with Gasteiger partial charge in [0.1, 0.15) is 15.9 Å². The van der Waals surface area contributed by atoms with E-state index >= 15 is 0 Å². The molecule has 0 bridgehead atoms. The second-order valence-electron chi connectivity index (χ2n) is 8.31. The zero-order chi connectivity index (χ0) is 25.8. The standard InChI is InChI=1S/C12H13ClF2N2O2.C10H11ClF2N2O/c1-2-19-11(18)8-6-16-10(13)3-9(8)17-7-4-12(14,15)5-7;11-9-1-8(6(5-16)4-14-9)15-7-2-10(12,13)3-7/h3,6-7H,2,4-5H2,1H3,(H,16,17);1,4,7,16H,2-3,5H2,(H,14,15). The molecule has 2 saturated carbocycles. The maximum absolute atomic E-state index is 12.8. The van der Waals surface area contributed by atoms with Gasteiger partial charge in [-0.05, 0) is 19.1 Å². The van der Waals surface area contributed by atoms with Crippen molar-refractivity contribution in [1.29, 1.82) is 0 Å². The van der Waals surface area contributed by atoms with Crippen molar-refractivity contribution in [3.63, 3.8) is 0 Å². The predicted molar refractivity (Wildman–Crippen MR) is 124 cm³/mol. The van der Waals surface area contributed by atoms with Gasteiger partial charge in [0.15, 0.2) is 0 Å². The highest BCUT2D eigenvalue weighted by Gasteiger charge is 2.46. The normalized spacial score (nSPS) is 18.4. The van der Waals surface area contributed by atoms with E-state index in [9.17, 15) is 22.4 Å². The van der Waals surface area contributed by atoms with Crippen molar-refractivity contribution >= 4 is 40.5 Å². The number of pyridine rings is 2. The van der Waals surface area contributed by atoms with E-state index in [4.69, 9.17) is 33.0 Å². The van der Waals surface area contributed by atoms with Crippen LogP contribution in [-0.4, -0.2) is 51.6 Å². The summed E-state index contributed by atoms with van der Waals surface area (Å²) >= 11 is 11.4. The number of ether oxygens (including phenoxy) is 1. The summed E-state index contributed by atoms with van der Waals surface area (Å²) < 4.78 is 55.7. The molecule has 0 unspecified atom stereocenters. The van der Waals surface area contributed by atoms with Gasteiger partial charge in [0.25, 0.3) is 11.8 Å². The molecule has 0 atom stereocenters. The fraction of sp³-hybridized carbons (Fsp3) is 0.500. The Morgan fingerprint density at radius 1 is 1.00 bits per heavy atom. The first kappa shape index (κ1) is 27.2. The molecular formula is C22H24Cl2F4N4O3. The average Bonchev–Trinajstić information content (AvgIpc) is 2.72. The summed E-state index contributed by atoms with van der Waals surface area (Å²) in [6.07, 6.45) is 1.83. The van der Waals surface area contributed by atoms with Gasteiger partial charge in [-0.3, -0.25) is 0 Å². The SMILES string of the molecule is CCOC(=O)c1cnc(Cl)cc1NC1CC(F)(F)C1.OCc1cnc(Cl)cc1NC1CC(F)(F)C1. The minimum Gasteiger partial charge on any atom is -0.462 e. The number of carbonyl (C=O) groups excluding carboxylic acids is 1. The molecule has 0 spiro atoms. The van der Waals surface area contributed by atoms with Crippen molar-refractivity contribution in [1.82, 2.24) is 9.97 Å². The highest BCUT2D eigenvalue weighted by Crippen LogP contribution is 2.40. The van der Waals surface area contributed by atoms with E-state index in [1.54, 1.807) is 6.92 Å². The number of alkyl halides is 4. The van der Waals surface area contributed by atoms with E-state index in [1.165, 1.54) is 24.5 Å². The summed E-state index contributed by atoms with van der Waals surface area (Å²) in [4.78, 5) is 19.3. The van der Waals surface area contributed by atoms with Gasteiger partial charge in [0.2, 0.25) is 0 Å². The second kappa shape index (κ2) is 11.1. The van der Waals surface area contributed by atoms with Crippen LogP contribution < -0.4 is 10.6 Å². The lowest BCUT2D eigenvalue weighted by molar-refractivity contribution is -0.0800. The van der Waals surface area contributed by atoms with Crippen LogP contribution in [0.15, 0.2) is 24.5 Å². The topological polar surface area (TPSA) is 96.4 Å². The third-order valence-corrected chi connectivity index (χ3v) is 5.80. The molecule has 0 aliphatic heterocycles. The molecule has 0 saturated heterocycles. The summed E-state index contributed by atoms with van der Waals surface area (Å²) in [6.45, 7) is 1.71. The van der Waals surface area contributed by atoms with Crippen LogP contribution in [0.25, 0.3) is 0 Å². The number of carbonyl (C=O) groups is 1. The second-order valence-corrected chi connectivity index (χ2v) is 9.08. The van der Waals surface area contributed by atoms with Gasteiger partial charge in [0.05, 0.1) is 18.9 Å². The summed E-state index contributed by atoms with van der Waals surface area (Å²) in [7, 11) is 0. The Labute approximate surface area is 209 Å². The van der Waals surface area contributed by atoms with Crippen molar-refractivity contribution in [2.24, 2.45) is 0 Å². The molecule has 13 heteroatoms. The number of esters is 1. The zero-order valence-electron chi connectivity index (χ0n) is 18.6. The van der Waals surface area contributed by atoms with Crippen molar-refractivity contribution in [2.75, 3.05) is 17.2 Å². The van der Waals surface area contributed by atoms with Crippen molar-refractivity contribution in [2.45, 2.75) is 63.1 Å². The number of hydrogen-bond donors (Lipinski definition) is 3. The minimum absolute atomic E-state index is 0.182. The Morgan fingerprint density at radius 3 is 1.97 bits per heavy atom. The smallest absolute Gasteiger partial charge is 0.341 e. The van der Waals surface area contributed by atoms with Gasteiger partial charge in [0, 0.05) is 61.4 Å². The van der Waals surface area contributed by atoms with E-state index in [0.29, 0.717) is 16.9 Å². The van der Waals surface area contributed by atoms with Crippen LogP contribution in [0.5, 0.6) is 0 Å². The molecule has 35 heavy (non-hydrogen) atoms. The molecule has 3 N–H and O–H groups in total. The Morgan fingerprint density at radius 2 is 1.49 bits per heavy atom. The van der Waals surface area contributed by atoms with E-state index in [0.717, 1.165) is 0 Å². The van der Waals surface area contributed by atoms with Crippen LogP contribution in [0.4, 0.5) is 28.9 Å². The van der Waals surface area contributed by atoms with Crippen molar-refractivity contribution < 1.29 is 32.2 Å². The van der Waals surface area contributed by atoms with E-state index in [1.807, 2.05) is 0 Å². The molecule has 2 heterocycles. The molecule has 0 radical (unpaired) electrons. The molecule has 0 amide bonds. The van der Waals surface area contributed by atoms with Gasteiger partial charge in [-0.1, -0.05) is 23.2 Å². The third-order valence-electron chi connectivity index (χ3n) is 5.39. The number of aromatic nitrogens is 2. The number of nitrogens with one attached hydrogen (secondary N) is 2. The number of nitrogens with zero attached hydrogens (tertiary/aromatic N) is 2. The Kier molecular flexibility index (Phi) is 8.66. The third kappa shape index (κ3) is 7.55. The lowest BCUT2D eigenvalue weighted by Gasteiger charge is -2.36. The van der Waals surface area contributed by atoms with E-state index in [2.05, 4.69) is 20.6 Å². The first-order chi connectivity index (χ1) is 16.4. The Balaban J connectivity index is 0.000000198. The van der Waals surface area contributed by atoms with Gasteiger partial charge < -0.3 is 20.5 Å². The summed E-state index contributed by atoms with van der Waals surface area (Å²) in [5.41, 5.74) is 1.70. The van der Waals surface area contributed by atoms with Gasteiger partial charge >= 0.3 is 5.97 Å². The van der Waals surface area contributed by atoms with E-state index in [-0.39, 0.29) is 66.9 Å². The lowest BCUT2D eigenvalue weighted by Crippen LogP contribution is -2.44. The highest BCUT2D eigenvalue weighted by atomic mass is 35.5. The largest absolute Gasteiger partial charge is 0.462 e. The Bertz CT molecular complexity index is 1050. The molecule has 4 rings (SSSR count). The van der Waals surface area contributed by atoms with Crippen LogP contribution in [0.1, 0.15) is 48.5 Å². The summed E-state index contributed by atoms with van der Waals surface area (Å²) in [5.74, 6) is -5.74. The maximum atomic E-state index is 12.8. The molecule has 2 aliphatic carbocycles. The molecule has 7 nitrogen and oxygen atoms in total. The van der Waals surface area contributed by atoms with Crippen molar-refractivity contribution in [3.8, 4) is 0 Å². The summed E-state index contributed by atoms with van der Waals surface area (Å²) in [6, 6.07) is 2.33. The van der Waals surface area contributed by atoms with Crippen LogP contribution >= 0.6 is 23.2 Å². The van der Waals surface area contributed by atoms with E-state index < -0.39 is 17.8 Å². The van der Waals surface area contributed by atoms with Crippen LogP contribution in [0.2, 0.25) is 10.3 Å². The van der Waals surface area contributed by atoms with Gasteiger partial charge in [-0.25, -0.2) is 32.3 Å². The van der Waals surface area contributed by atoms with Crippen molar-refractivity contribution in [3.05, 3.63) is 46.0 Å². The van der Waals surface area contributed by atoms with Gasteiger partial charge in [-0.2, -0.15) is 0 Å². The molecule has 0 aromatic carbocycles. The number of aliphatic hydroxyl groups excluding tert-OH is 1. The van der Waals surface area contributed by atoms with Crippen LogP contribution in [0.3, 0.4) is 0 Å². The lowest BCUT2D eigenvalue weighted by atomic mass is 9.88. The zero-order valence-corrected chi connectivity index (χ0v) is 20.1. The molecule has 2 aromatic rings. The average molecular weight is 539 g/mol. The monoisotopic (exact) mass is 538 g/mol. The predicted octanol–water partition coefficient (Wildman–Crippen LogP) is 5.56. The molecule has 2 aliphatic rings.